The van der Waals surface area contributed by atoms with Crippen LogP contribution >= 0.6 is 12.6 Å². The van der Waals surface area contributed by atoms with Crippen molar-refractivity contribution in [2.24, 2.45) is 16.9 Å². The number of thiol groups is 1. The average molecular weight is 512 g/mol. The molecule has 9 N–H and O–H groups in total. The number of aromatic hydroxyl groups is 1. The van der Waals surface area contributed by atoms with Gasteiger partial charge in [0.15, 0.2) is 0 Å². The van der Waals surface area contributed by atoms with Crippen LogP contribution in [0.2, 0.25) is 0 Å². The van der Waals surface area contributed by atoms with Crippen LogP contribution in [-0.2, 0) is 30.4 Å². The molecule has 0 aliphatic rings. The van der Waals surface area contributed by atoms with Gasteiger partial charge in [0.1, 0.15) is 23.9 Å². The van der Waals surface area contributed by atoms with Crippen molar-refractivity contribution in [3.05, 3.63) is 29.8 Å². The summed E-state index contributed by atoms with van der Waals surface area (Å²) < 4.78 is 0. The predicted octanol–water partition coefficient (Wildman–Crippen LogP) is -1.35. The van der Waals surface area contributed by atoms with Gasteiger partial charge in [0, 0.05) is 5.75 Å². The molecule has 0 spiro atoms. The standard InChI is InChI=1S/C22H33N5O7S/c1-22(2,3)17(21(34)26-15(10-35)18(24)31)27-20(33)14(9-16(29)30)25-19(32)13(23)8-11-4-6-12(28)7-5-11/h4-7,13-15,17,28,35H,8-10,23H2,1-3H3,(H2,24,31)(H,25,32)(H,26,34)(H,27,33)(H,29,30). The van der Waals surface area contributed by atoms with Gasteiger partial charge in [0.2, 0.25) is 23.6 Å². The Balaban J connectivity index is 2.99. The summed E-state index contributed by atoms with van der Waals surface area (Å²) in [7, 11) is 0. The van der Waals surface area contributed by atoms with Crippen LogP contribution in [0.3, 0.4) is 0 Å². The number of carboxylic acid groups (broad SMARTS) is 1. The van der Waals surface area contributed by atoms with Gasteiger partial charge >= 0.3 is 5.97 Å². The first kappa shape index (κ1) is 29.7. The number of aliphatic carboxylic acids is 1. The molecule has 4 atom stereocenters. The number of primary amides is 1. The zero-order valence-electron chi connectivity index (χ0n) is 19.8. The lowest BCUT2D eigenvalue weighted by molar-refractivity contribution is -0.141. The average Bonchev–Trinajstić information content (AvgIpc) is 2.75. The molecule has 0 heterocycles. The third-order valence-corrected chi connectivity index (χ3v) is 5.36. The molecule has 1 rings (SSSR count). The summed E-state index contributed by atoms with van der Waals surface area (Å²) in [5, 5.41) is 25.8. The normalized spacial score (nSPS) is 14.7. The molecular formula is C22H33N5O7S. The quantitative estimate of drug-likeness (QED) is 0.157. The Kier molecular flexibility index (Phi) is 11.0. The molecule has 0 aliphatic heterocycles. The minimum atomic E-state index is -1.53. The van der Waals surface area contributed by atoms with Crippen molar-refractivity contribution in [1.82, 2.24) is 16.0 Å². The number of carbonyl (C=O) groups is 5. The van der Waals surface area contributed by atoms with Crippen LogP contribution in [0.25, 0.3) is 0 Å². The molecule has 4 amide bonds. The van der Waals surface area contributed by atoms with Gasteiger partial charge in [-0.15, -0.1) is 0 Å². The maximum absolute atomic E-state index is 12.9. The Bertz CT molecular complexity index is 933. The van der Waals surface area contributed by atoms with Crippen LogP contribution in [0.4, 0.5) is 0 Å². The van der Waals surface area contributed by atoms with Crippen LogP contribution < -0.4 is 27.4 Å². The van der Waals surface area contributed by atoms with E-state index in [1.165, 1.54) is 12.1 Å². The molecule has 12 nitrogen and oxygen atoms in total. The van der Waals surface area contributed by atoms with Gasteiger partial charge < -0.3 is 37.6 Å². The third kappa shape index (κ3) is 9.83. The number of amides is 4. The Morgan fingerprint density at radius 1 is 0.943 bits per heavy atom. The first-order chi connectivity index (χ1) is 16.1. The van der Waals surface area contributed by atoms with Crippen LogP contribution in [0.15, 0.2) is 24.3 Å². The van der Waals surface area contributed by atoms with E-state index in [1.807, 2.05) is 0 Å². The highest BCUT2D eigenvalue weighted by atomic mass is 32.1. The Morgan fingerprint density at radius 3 is 1.94 bits per heavy atom. The van der Waals surface area contributed by atoms with Gasteiger partial charge in [-0.3, -0.25) is 24.0 Å². The van der Waals surface area contributed by atoms with Crippen molar-refractivity contribution in [3.8, 4) is 5.75 Å². The number of hydrogen-bond acceptors (Lipinski definition) is 8. The Morgan fingerprint density at radius 2 is 1.49 bits per heavy atom. The van der Waals surface area contributed by atoms with Crippen molar-refractivity contribution in [3.63, 3.8) is 0 Å². The lowest BCUT2D eigenvalue weighted by Gasteiger charge is -2.32. The van der Waals surface area contributed by atoms with E-state index in [2.05, 4.69) is 28.6 Å². The molecular weight excluding hydrogens is 478 g/mol. The number of rotatable bonds is 12. The summed E-state index contributed by atoms with van der Waals surface area (Å²) in [6, 6.07) is 1.07. The lowest BCUT2D eigenvalue weighted by Crippen LogP contribution is -2.61. The zero-order chi connectivity index (χ0) is 26.9. The van der Waals surface area contributed by atoms with Crippen molar-refractivity contribution < 1.29 is 34.2 Å². The van der Waals surface area contributed by atoms with Gasteiger partial charge in [-0.05, 0) is 29.5 Å². The summed E-state index contributed by atoms with van der Waals surface area (Å²) in [5.41, 5.74) is 10.9. The molecule has 0 aromatic heterocycles. The topological polar surface area (TPSA) is 214 Å². The molecule has 1 aromatic rings. The summed E-state index contributed by atoms with van der Waals surface area (Å²) >= 11 is 3.97. The second-order valence-electron chi connectivity index (χ2n) is 9.09. The van der Waals surface area contributed by atoms with Gasteiger partial charge in [0.05, 0.1) is 12.5 Å². The number of benzene rings is 1. The number of carboxylic acids is 1. The van der Waals surface area contributed by atoms with Crippen molar-refractivity contribution >= 4 is 42.2 Å². The van der Waals surface area contributed by atoms with E-state index < -0.39 is 65.6 Å². The number of phenols is 1. The molecule has 0 radical (unpaired) electrons. The van der Waals surface area contributed by atoms with Crippen molar-refractivity contribution in [2.75, 3.05) is 5.75 Å². The highest BCUT2D eigenvalue weighted by molar-refractivity contribution is 7.80. The van der Waals surface area contributed by atoms with Crippen LogP contribution in [0.1, 0.15) is 32.8 Å². The van der Waals surface area contributed by atoms with E-state index in [0.29, 0.717) is 5.56 Å². The molecule has 35 heavy (non-hydrogen) atoms. The van der Waals surface area contributed by atoms with E-state index in [4.69, 9.17) is 11.5 Å². The van der Waals surface area contributed by atoms with Gasteiger partial charge in [-0.25, -0.2) is 0 Å². The second-order valence-corrected chi connectivity index (χ2v) is 9.45. The van der Waals surface area contributed by atoms with Crippen molar-refractivity contribution in [2.45, 2.75) is 57.8 Å². The number of hydrogen-bond donors (Lipinski definition) is 8. The number of nitrogens with one attached hydrogen (secondary N) is 3. The fourth-order valence-electron chi connectivity index (χ4n) is 3.02. The number of nitrogens with two attached hydrogens (primary N) is 2. The SMILES string of the molecule is CC(C)(C)C(NC(=O)C(CC(=O)O)NC(=O)C(N)Cc1ccc(O)cc1)C(=O)NC(CS)C(N)=O. The van der Waals surface area contributed by atoms with E-state index in [1.54, 1.807) is 32.9 Å². The van der Waals surface area contributed by atoms with Crippen LogP contribution in [0, 0.1) is 5.41 Å². The molecule has 0 aliphatic carbocycles. The summed E-state index contributed by atoms with van der Waals surface area (Å²) in [5.74, 6) is -4.63. The largest absolute Gasteiger partial charge is 0.508 e. The fourth-order valence-corrected chi connectivity index (χ4v) is 3.29. The highest BCUT2D eigenvalue weighted by Gasteiger charge is 2.37. The molecule has 194 valence electrons. The van der Waals surface area contributed by atoms with Crippen LogP contribution in [0.5, 0.6) is 5.75 Å². The van der Waals surface area contributed by atoms with Gasteiger partial charge in [-0.1, -0.05) is 32.9 Å². The lowest BCUT2D eigenvalue weighted by atomic mass is 9.85. The highest BCUT2D eigenvalue weighted by Crippen LogP contribution is 2.20. The first-order valence-electron chi connectivity index (χ1n) is 10.7. The minimum Gasteiger partial charge on any atom is -0.508 e. The summed E-state index contributed by atoms with van der Waals surface area (Å²) in [6.07, 6.45) is -0.693. The second kappa shape index (κ2) is 13.0. The molecule has 0 bridgehead atoms. The molecule has 0 saturated heterocycles. The van der Waals surface area contributed by atoms with E-state index in [9.17, 15) is 34.2 Å². The zero-order valence-corrected chi connectivity index (χ0v) is 20.7. The first-order valence-corrected chi connectivity index (χ1v) is 11.4. The smallest absolute Gasteiger partial charge is 0.305 e. The molecule has 13 heteroatoms. The van der Waals surface area contributed by atoms with Crippen LogP contribution in [-0.4, -0.2) is 69.7 Å². The van der Waals surface area contributed by atoms with Gasteiger partial charge in [-0.2, -0.15) is 12.6 Å². The molecule has 4 unspecified atom stereocenters. The predicted molar refractivity (Wildman–Crippen MR) is 130 cm³/mol. The number of carbonyl (C=O) groups excluding carboxylic acids is 4. The molecule has 1 aromatic carbocycles. The Hall–Kier alpha value is -3.32. The van der Waals surface area contributed by atoms with Crippen molar-refractivity contribution in [1.29, 1.82) is 0 Å². The Labute approximate surface area is 208 Å². The molecule has 0 fully saturated rings. The monoisotopic (exact) mass is 511 g/mol. The van der Waals surface area contributed by atoms with E-state index in [-0.39, 0.29) is 17.9 Å². The van der Waals surface area contributed by atoms with E-state index in [0.717, 1.165) is 0 Å². The third-order valence-electron chi connectivity index (χ3n) is 5.00. The summed E-state index contributed by atoms with van der Waals surface area (Å²) in [4.78, 5) is 61.1. The number of phenolic OH excluding ortho intramolecular Hbond substituents is 1. The fraction of sp³-hybridized carbons (Fsp3) is 0.500. The van der Waals surface area contributed by atoms with E-state index >= 15 is 0 Å². The summed E-state index contributed by atoms with van der Waals surface area (Å²) in [6.45, 7) is 4.95. The maximum atomic E-state index is 12.9. The van der Waals surface area contributed by atoms with Gasteiger partial charge in [0.25, 0.3) is 0 Å². The molecule has 0 saturated carbocycles. The minimum absolute atomic E-state index is 0.0407. The maximum Gasteiger partial charge on any atom is 0.305 e.